The summed E-state index contributed by atoms with van der Waals surface area (Å²) in [6.45, 7) is 3.43. The van der Waals surface area contributed by atoms with Gasteiger partial charge in [0.15, 0.2) is 0 Å². The maximum atomic E-state index is 12.9. The Kier molecular flexibility index (Phi) is 6.59. The van der Waals surface area contributed by atoms with Gasteiger partial charge >= 0.3 is 11.9 Å². The number of carboxylic acids is 2. The van der Waals surface area contributed by atoms with Crippen LogP contribution in [0.3, 0.4) is 0 Å². The number of aromatic carboxylic acids is 2. The van der Waals surface area contributed by atoms with Gasteiger partial charge in [0.2, 0.25) is 0 Å². The summed E-state index contributed by atoms with van der Waals surface area (Å²) in [5.41, 5.74) is -0.0636. The maximum absolute atomic E-state index is 12.9. The van der Waals surface area contributed by atoms with Gasteiger partial charge in [-0.1, -0.05) is 34.7 Å². The van der Waals surface area contributed by atoms with Crippen LogP contribution in [0.4, 0.5) is 8.78 Å². The zero-order valence-electron chi connectivity index (χ0n) is 11.6. The van der Waals surface area contributed by atoms with E-state index in [0.717, 1.165) is 12.1 Å². The molecule has 0 atom stereocenters. The van der Waals surface area contributed by atoms with Gasteiger partial charge in [-0.2, -0.15) is 0 Å². The molecular formula is C16H11BrF2O4. The lowest BCUT2D eigenvalue weighted by Gasteiger charge is -1.97. The van der Waals surface area contributed by atoms with Crippen molar-refractivity contribution in [2.75, 3.05) is 0 Å². The lowest BCUT2D eigenvalue weighted by atomic mass is 10.1. The van der Waals surface area contributed by atoms with Crippen molar-refractivity contribution >= 4 is 33.9 Å². The number of carbonyl (C=O) groups is 2. The third kappa shape index (κ3) is 5.30. The molecule has 0 unspecified atom stereocenters. The quantitative estimate of drug-likeness (QED) is 0.819. The van der Waals surface area contributed by atoms with E-state index in [2.05, 4.69) is 22.5 Å². The predicted molar refractivity (Wildman–Crippen MR) is 84.5 cm³/mol. The highest BCUT2D eigenvalue weighted by molar-refractivity contribution is 9.10. The van der Waals surface area contributed by atoms with Crippen LogP contribution in [-0.4, -0.2) is 22.2 Å². The number of hydrogen-bond donors (Lipinski definition) is 2. The van der Waals surface area contributed by atoms with Gasteiger partial charge in [0.25, 0.3) is 0 Å². The van der Waals surface area contributed by atoms with Gasteiger partial charge in [-0.05, 0) is 35.9 Å². The average Bonchev–Trinajstić information content (AvgIpc) is 2.46. The Morgan fingerprint density at radius 1 is 0.957 bits per heavy atom. The van der Waals surface area contributed by atoms with E-state index in [-0.39, 0.29) is 11.1 Å². The molecule has 2 aromatic rings. The Hall–Kier alpha value is -2.54. The van der Waals surface area contributed by atoms with Crippen LogP contribution in [0.5, 0.6) is 0 Å². The van der Waals surface area contributed by atoms with Crippen molar-refractivity contribution in [2.45, 2.75) is 0 Å². The summed E-state index contributed by atoms with van der Waals surface area (Å²) in [5.74, 6) is -3.98. The van der Waals surface area contributed by atoms with E-state index in [1.54, 1.807) is 0 Å². The largest absolute Gasteiger partial charge is 0.478 e. The molecule has 2 rings (SSSR count). The van der Waals surface area contributed by atoms with Crippen LogP contribution in [0, 0.1) is 11.6 Å². The molecule has 0 saturated heterocycles. The summed E-state index contributed by atoms with van der Waals surface area (Å²) in [5, 5.41) is 16.9. The molecule has 0 aliphatic rings. The van der Waals surface area contributed by atoms with E-state index < -0.39 is 23.6 Å². The highest BCUT2D eigenvalue weighted by Crippen LogP contribution is 2.14. The van der Waals surface area contributed by atoms with Crippen LogP contribution in [-0.2, 0) is 0 Å². The minimum absolute atomic E-state index is 0.312. The predicted octanol–water partition coefficient (Wildman–Crippen LogP) is 4.45. The standard InChI is InChI=1S/C9H7FO2.C7H4BrFO2/c1-2-6-3-4-7(9(11)12)8(10)5-6;8-4-1-2-5(7(10)11)6(9)3-4/h2-5H,1H2,(H,11,12);1-3H,(H,10,11). The third-order valence-electron chi connectivity index (χ3n) is 2.62. The van der Waals surface area contributed by atoms with E-state index in [1.165, 1.54) is 30.3 Å². The number of rotatable bonds is 3. The molecule has 0 heterocycles. The van der Waals surface area contributed by atoms with Gasteiger partial charge in [-0.3, -0.25) is 0 Å². The van der Waals surface area contributed by atoms with Crippen LogP contribution in [0.2, 0.25) is 0 Å². The van der Waals surface area contributed by atoms with E-state index >= 15 is 0 Å². The second-order valence-corrected chi connectivity index (χ2v) is 5.09. The summed E-state index contributed by atoms with van der Waals surface area (Å²) >= 11 is 3.01. The van der Waals surface area contributed by atoms with Gasteiger partial charge in [0.05, 0.1) is 11.1 Å². The molecule has 0 fully saturated rings. The number of benzene rings is 2. The lowest BCUT2D eigenvalue weighted by Crippen LogP contribution is -1.99. The molecular weight excluding hydrogens is 374 g/mol. The van der Waals surface area contributed by atoms with Gasteiger partial charge in [-0.15, -0.1) is 0 Å². The van der Waals surface area contributed by atoms with Crippen molar-refractivity contribution in [1.82, 2.24) is 0 Å². The number of carboxylic acid groups (broad SMARTS) is 2. The second-order valence-electron chi connectivity index (χ2n) is 4.18. The zero-order chi connectivity index (χ0) is 17.6. The van der Waals surface area contributed by atoms with Crippen molar-refractivity contribution in [2.24, 2.45) is 0 Å². The van der Waals surface area contributed by atoms with Crippen LogP contribution < -0.4 is 0 Å². The van der Waals surface area contributed by atoms with Gasteiger partial charge in [-0.25, -0.2) is 18.4 Å². The Labute approximate surface area is 138 Å². The molecule has 0 saturated carbocycles. The fraction of sp³-hybridized carbons (Fsp3) is 0. The van der Waals surface area contributed by atoms with Crippen molar-refractivity contribution in [1.29, 1.82) is 0 Å². The summed E-state index contributed by atoms with van der Waals surface area (Å²) in [6.07, 6.45) is 1.45. The number of halogens is 3. The van der Waals surface area contributed by atoms with Gasteiger partial charge in [0, 0.05) is 4.47 Å². The van der Waals surface area contributed by atoms with Crippen LogP contribution in [0.1, 0.15) is 26.3 Å². The molecule has 120 valence electrons. The minimum atomic E-state index is -1.26. The lowest BCUT2D eigenvalue weighted by molar-refractivity contribution is 0.0680. The molecule has 2 aromatic carbocycles. The Balaban J connectivity index is 0.000000231. The summed E-state index contributed by atoms with van der Waals surface area (Å²) in [4.78, 5) is 20.6. The van der Waals surface area contributed by atoms with Gasteiger partial charge < -0.3 is 10.2 Å². The molecule has 4 nitrogen and oxygen atoms in total. The fourth-order valence-electron chi connectivity index (χ4n) is 1.49. The molecule has 0 bridgehead atoms. The van der Waals surface area contributed by atoms with Crippen molar-refractivity contribution in [3.8, 4) is 0 Å². The molecule has 2 N–H and O–H groups in total. The monoisotopic (exact) mass is 384 g/mol. The maximum Gasteiger partial charge on any atom is 0.338 e. The summed E-state index contributed by atoms with van der Waals surface area (Å²) < 4.78 is 26.1. The Bertz CT molecular complexity index is 760. The summed E-state index contributed by atoms with van der Waals surface area (Å²) in [6, 6.07) is 7.66. The second kappa shape index (κ2) is 8.19. The summed E-state index contributed by atoms with van der Waals surface area (Å²) in [7, 11) is 0. The van der Waals surface area contributed by atoms with Gasteiger partial charge in [0.1, 0.15) is 11.6 Å². The smallest absolute Gasteiger partial charge is 0.338 e. The molecule has 0 radical (unpaired) electrons. The van der Waals surface area contributed by atoms with Crippen LogP contribution >= 0.6 is 15.9 Å². The first kappa shape index (κ1) is 18.5. The first-order chi connectivity index (χ1) is 10.8. The van der Waals surface area contributed by atoms with E-state index in [9.17, 15) is 18.4 Å². The van der Waals surface area contributed by atoms with E-state index in [4.69, 9.17) is 10.2 Å². The zero-order valence-corrected chi connectivity index (χ0v) is 13.2. The SMILES string of the molecule is C=Cc1ccc(C(=O)O)c(F)c1.O=C(O)c1ccc(Br)cc1F. The van der Waals surface area contributed by atoms with Crippen molar-refractivity contribution in [3.05, 3.63) is 75.8 Å². The average molecular weight is 385 g/mol. The topological polar surface area (TPSA) is 74.6 Å². The number of hydrogen-bond acceptors (Lipinski definition) is 2. The van der Waals surface area contributed by atoms with Crippen LogP contribution in [0.25, 0.3) is 6.08 Å². The van der Waals surface area contributed by atoms with Crippen LogP contribution in [0.15, 0.2) is 47.4 Å². The van der Waals surface area contributed by atoms with E-state index in [1.807, 2.05) is 0 Å². The van der Waals surface area contributed by atoms with Crippen molar-refractivity contribution in [3.63, 3.8) is 0 Å². The fourth-order valence-corrected chi connectivity index (χ4v) is 1.83. The first-order valence-corrected chi connectivity index (χ1v) is 6.89. The molecule has 0 aromatic heterocycles. The molecule has 0 spiro atoms. The first-order valence-electron chi connectivity index (χ1n) is 6.10. The molecule has 0 amide bonds. The Morgan fingerprint density at radius 2 is 1.43 bits per heavy atom. The van der Waals surface area contributed by atoms with E-state index in [0.29, 0.717) is 10.0 Å². The molecule has 23 heavy (non-hydrogen) atoms. The Morgan fingerprint density at radius 3 is 1.83 bits per heavy atom. The minimum Gasteiger partial charge on any atom is -0.478 e. The highest BCUT2D eigenvalue weighted by atomic mass is 79.9. The molecule has 7 heteroatoms. The van der Waals surface area contributed by atoms with Crippen molar-refractivity contribution < 1.29 is 28.6 Å². The third-order valence-corrected chi connectivity index (χ3v) is 3.11. The normalized spacial score (nSPS) is 9.52. The highest BCUT2D eigenvalue weighted by Gasteiger charge is 2.09. The molecule has 0 aliphatic carbocycles. The molecule has 0 aliphatic heterocycles.